The Morgan fingerprint density at radius 3 is 1.92 bits per heavy atom. The van der Waals surface area contributed by atoms with E-state index in [1.807, 2.05) is 11.3 Å². The lowest BCUT2D eigenvalue weighted by Crippen LogP contribution is -2.29. The molecule has 10 aromatic carbocycles. The van der Waals surface area contributed by atoms with Crippen molar-refractivity contribution < 1.29 is 0 Å². The smallest absolute Gasteiger partial charge is 0.0559 e. The molecule has 1 aromatic heterocycles. The Hall–Kier alpha value is -7.46. The summed E-state index contributed by atoms with van der Waals surface area (Å²) in [6.45, 7) is 0. The lowest BCUT2D eigenvalue weighted by Gasteiger charge is -2.33. The molecule has 0 saturated carbocycles. The molecule has 2 nitrogen and oxygen atoms in total. The van der Waals surface area contributed by atoms with Crippen LogP contribution in [-0.2, 0) is 12.8 Å². The predicted octanol–water partition coefficient (Wildman–Crippen LogP) is 16.9. The molecule has 298 valence electrons. The van der Waals surface area contributed by atoms with E-state index in [0.717, 1.165) is 30.6 Å². The summed E-state index contributed by atoms with van der Waals surface area (Å²) in [5.41, 5.74) is 11.5. The van der Waals surface area contributed by atoms with Gasteiger partial charge in [-0.15, -0.1) is 11.3 Å². The lowest BCUT2D eigenvalue weighted by atomic mass is 9.85. The van der Waals surface area contributed by atoms with Crippen LogP contribution in [0.15, 0.2) is 212 Å². The summed E-state index contributed by atoms with van der Waals surface area (Å²) in [7, 11) is 0. The van der Waals surface area contributed by atoms with Crippen molar-refractivity contribution in [2.24, 2.45) is 0 Å². The quantitative estimate of drug-likeness (QED) is 0.154. The van der Waals surface area contributed by atoms with Crippen molar-refractivity contribution >= 4 is 103 Å². The van der Waals surface area contributed by atoms with Crippen molar-refractivity contribution in [1.82, 2.24) is 0 Å². The van der Waals surface area contributed by atoms with E-state index in [1.54, 1.807) is 0 Å². The molecule has 0 aliphatic heterocycles. The fraction of sp³-hybridized carbons (Fsp3) is 0.0667. The Balaban J connectivity index is 0.981. The Morgan fingerprint density at radius 2 is 1.06 bits per heavy atom. The highest BCUT2D eigenvalue weighted by Crippen LogP contribution is 2.48. The first-order chi connectivity index (χ1) is 31.2. The minimum absolute atomic E-state index is 0.190. The number of aryl methyl sites for hydroxylation is 2. The van der Waals surface area contributed by atoms with Crippen LogP contribution in [0.5, 0.6) is 0 Å². The van der Waals surface area contributed by atoms with Crippen molar-refractivity contribution in [1.29, 1.82) is 0 Å². The second-order valence-electron chi connectivity index (χ2n) is 17.1. The van der Waals surface area contributed by atoms with E-state index in [2.05, 4.69) is 222 Å². The highest BCUT2D eigenvalue weighted by Gasteiger charge is 2.24. The molecule has 0 saturated heterocycles. The van der Waals surface area contributed by atoms with Gasteiger partial charge in [0.05, 0.1) is 6.04 Å². The first kappa shape index (κ1) is 36.2. The standard InChI is InChI=1S/C60H42N2S/c1-3-15-43(16-4-1)61(45-29-27-41-25-23-39-13-7-9-19-49(39)55(41)35-45)47-31-33-53-57(37-47)51-21-11-12-22-52(51)59-54-34-32-48(38-58(54)63-60(53)59)62(44-17-5-2-6-18-44)46-30-28-42-26-24-40-14-8-10-20-50(40)56(42)36-46/h1-15,17-23,25,27-38,43H,16,24,26H2/t43-/m0/s1. The number of anilines is 5. The summed E-state index contributed by atoms with van der Waals surface area (Å²) in [5, 5.41) is 12.9. The molecule has 0 fully saturated rings. The summed E-state index contributed by atoms with van der Waals surface area (Å²) in [6, 6.07) is 70.6. The summed E-state index contributed by atoms with van der Waals surface area (Å²) < 4.78 is 2.63. The van der Waals surface area contributed by atoms with Crippen LogP contribution in [0.3, 0.4) is 0 Å². The number of thiophene rings is 1. The van der Waals surface area contributed by atoms with E-state index < -0.39 is 0 Å². The molecule has 0 N–H and O–H groups in total. The van der Waals surface area contributed by atoms with E-state index >= 15 is 0 Å². The molecule has 0 radical (unpaired) electrons. The fourth-order valence-electron chi connectivity index (χ4n) is 10.6. The highest BCUT2D eigenvalue weighted by molar-refractivity contribution is 7.27. The number of nitrogens with zero attached hydrogens (tertiary/aromatic N) is 2. The molecule has 11 aromatic rings. The van der Waals surface area contributed by atoms with Crippen molar-refractivity contribution in [3.8, 4) is 11.1 Å². The van der Waals surface area contributed by atoms with Crippen LogP contribution < -0.4 is 9.80 Å². The zero-order valence-corrected chi connectivity index (χ0v) is 35.5. The zero-order chi connectivity index (χ0) is 41.4. The van der Waals surface area contributed by atoms with Gasteiger partial charge >= 0.3 is 0 Å². The van der Waals surface area contributed by atoms with E-state index in [0.29, 0.717) is 0 Å². The molecule has 63 heavy (non-hydrogen) atoms. The van der Waals surface area contributed by atoms with Crippen LogP contribution >= 0.6 is 11.3 Å². The van der Waals surface area contributed by atoms with Gasteiger partial charge in [0, 0.05) is 54.0 Å². The third kappa shape index (κ3) is 5.92. The summed E-state index contributed by atoms with van der Waals surface area (Å²) in [4.78, 5) is 4.98. The van der Waals surface area contributed by atoms with Gasteiger partial charge in [0.15, 0.2) is 0 Å². The molecule has 2 aliphatic carbocycles. The van der Waals surface area contributed by atoms with Gasteiger partial charge in [-0.3, -0.25) is 0 Å². The van der Waals surface area contributed by atoms with Crippen LogP contribution in [0.2, 0.25) is 0 Å². The topological polar surface area (TPSA) is 6.48 Å². The monoisotopic (exact) mass is 822 g/mol. The van der Waals surface area contributed by atoms with Crippen LogP contribution in [0, 0.1) is 0 Å². The Labute approximate surface area is 370 Å². The van der Waals surface area contributed by atoms with E-state index in [-0.39, 0.29) is 6.04 Å². The number of para-hydroxylation sites is 1. The maximum atomic E-state index is 2.55. The second kappa shape index (κ2) is 14.6. The third-order valence-corrected chi connectivity index (χ3v) is 14.8. The zero-order valence-electron chi connectivity index (χ0n) is 34.7. The van der Waals surface area contributed by atoms with E-state index in [4.69, 9.17) is 0 Å². The van der Waals surface area contributed by atoms with E-state index in [1.165, 1.54) is 103 Å². The molecule has 13 rings (SSSR count). The van der Waals surface area contributed by atoms with Crippen molar-refractivity contribution in [2.75, 3.05) is 9.80 Å². The first-order valence-corrected chi connectivity index (χ1v) is 23.0. The molecule has 3 heteroatoms. The Bertz CT molecular complexity index is 3690. The van der Waals surface area contributed by atoms with Crippen molar-refractivity contribution in [2.45, 2.75) is 25.3 Å². The Kier molecular flexibility index (Phi) is 8.38. The second-order valence-corrected chi connectivity index (χ2v) is 18.2. The molecule has 2 aliphatic rings. The van der Waals surface area contributed by atoms with Gasteiger partial charge in [0.2, 0.25) is 0 Å². The van der Waals surface area contributed by atoms with Gasteiger partial charge < -0.3 is 9.80 Å². The van der Waals surface area contributed by atoms with Gasteiger partial charge in [0.1, 0.15) is 0 Å². The maximum absolute atomic E-state index is 2.55. The van der Waals surface area contributed by atoms with Crippen LogP contribution in [0.4, 0.5) is 28.4 Å². The summed E-state index contributed by atoms with van der Waals surface area (Å²) >= 11 is 1.92. The molecular formula is C60H42N2S. The van der Waals surface area contributed by atoms with Gasteiger partial charge in [-0.1, -0.05) is 152 Å². The largest absolute Gasteiger partial charge is 0.334 e. The van der Waals surface area contributed by atoms with Crippen LogP contribution in [0.1, 0.15) is 17.5 Å². The fourth-order valence-corrected chi connectivity index (χ4v) is 11.9. The number of rotatable bonds is 6. The SMILES string of the molecule is C1=CC[C@@H](N(c2ccc3ccc4ccccc4c3c2)c2ccc3c(c2)c2ccccc2c2c4ccc(N(c5ccccc5)c5ccc6c(c5)-c5ccccc5CC6)cc4sc32)C=C1. The molecule has 1 atom stereocenters. The molecule has 0 amide bonds. The number of fused-ring (bicyclic) bond motifs is 14. The van der Waals surface area contributed by atoms with Crippen molar-refractivity contribution in [3.63, 3.8) is 0 Å². The highest BCUT2D eigenvalue weighted by atomic mass is 32.1. The number of hydrogen-bond acceptors (Lipinski definition) is 3. The number of allylic oxidation sites excluding steroid dienone is 2. The number of hydrogen-bond donors (Lipinski definition) is 0. The molecule has 0 unspecified atom stereocenters. The van der Waals surface area contributed by atoms with Gasteiger partial charge in [0.25, 0.3) is 0 Å². The average Bonchev–Trinajstić information content (AvgIpc) is 3.74. The third-order valence-electron chi connectivity index (χ3n) is 13.6. The van der Waals surface area contributed by atoms with Crippen molar-refractivity contribution in [3.05, 3.63) is 223 Å². The molecule has 0 spiro atoms. The minimum atomic E-state index is 0.190. The summed E-state index contributed by atoms with van der Waals surface area (Å²) in [5.74, 6) is 0. The molecular weight excluding hydrogens is 781 g/mol. The van der Waals surface area contributed by atoms with Crippen LogP contribution in [0.25, 0.3) is 74.4 Å². The number of benzene rings is 10. The maximum Gasteiger partial charge on any atom is 0.0559 e. The molecule has 1 heterocycles. The first-order valence-electron chi connectivity index (χ1n) is 22.1. The lowest BCUT2D eigenvalue weighted by molar-refractivity contribution is 0.786. The molecule has 0 bridgehead atoms. The van der Waals surface area contributed by atoms with E-state index in [9.17, 15) is 0 Å². The minimum Gasteiger partial charge on any atom is -0.334 e. The van der Waals surface area contributed by atoms with Gasteiger partial charge in [-0.2, -0.15) is 0 Å². The summed E-state index contributed by atoms with van der Waals surface area (Å²) in [6.07, 6.45) is 12.1. The normalized spacial score (nSPS) is 14.5. The average molecular weight is 823 g/mol. The van der Waals surface area contributed by atoms with Gasteiger partial charge in [-0.05, 0) is 140 Å². The van der Waals surface area contributed by atoms with Crippen LogP contribution in [-0.4, -0.2) is 6.04 Å². The predicted molar refractivity (Wildman–Crippen MR) is 272 cm³/mol. The Morgan fingerprint density at radius 1 is 0.413 bits per heavy atom. The van der Waals surface area contributed by atoms with Gasteiger partial charge in [-0.25, -0.2) is 0 Å².